The van der Waals surface area contributed by atoms with Crippen LogP contribution < -0.4 is 9.64 Å². The number of benzene rings is 2. The minimum atomic E-state index is -1.01. The molecule has 2 aliphatic rings. The molecule has 2 aromatic rings. The zero-order valence-electron chi connectivity index (χ0n) is 19.7. The predicted octanol–water partition coefficient (Wildman–Crippen LogP) is 2.93. The standard InChI is InChI=1S/C13H17N3O6.C11H13NO/c1-20-12-4-2-11(3-5-12)14-6-8-15(9-7-14)13(17)21-10-22-16(18)19;13-9-12(11-6-7-11)8-10-4-2-1-3-5-10/h2-5H,6-10H2,1H3;1-5,9,11H,6-8H2. The van der Waals surface area contributed by atoms with Crippen molar-refractivity contribution in [3.63, 3.8) is 0 Å². The maximum Gasteiger partial charge on any atom is 0.411 e. The van der Waals surface area contributed by atoms with Crippen molar-refractivity contribution < 1.29 is 29.0 Å². The molecule has 0 aromatic heterocycles. The van der Waals surface area contributed by atoms with E-state index in [0.717, 1.165) is 24.4 Å². The summed E-state index contributed by atoms with van der Waals surface area (Å²) in [5.74, 6) is 0.789. The highest BCUT2D eigenvalue weighted by Gasteiger charge is 2.27. The lowest BCUT2D eigenvalue weighted by Gasteiger charge is -2.35. The number of carbonyl (C=O) groups is 2. The fourth-order valence-electron chi connectivity index (χ4n) is 3.60. The zero-order chi connectivity index (χ0) is 25.0. The monoisotopic (exact) mass is 486 g/mol. The molecule has 2 amide bonds. The molecule has 2 fully saturated rings. The normalized spacial score (nSPS) is 14.8. The van der Waals surface area contributed by atoms with Crippen molar-refractivity contribution >= 4 is 18.2 Å². The SMILES string of the molecule is COc1ccc(N2CCN(C(=O)OCO[N+](=O)[O-])CC2)cc1.O=CN(Cc1ccccc1)C1CC1. The molecule has 11 heteroatoms. The van der Waals surface area contributed by atoms with E-state index in [4.69, 9.17) is 4.74 Å². The van der Waals surface area contributed by atoms with Gasteiger partial charge in [0.25, 0.3) is 5.09 Å². The van der Waals surface area contributed by atoms with E-state index in [1.807, 2.05) is 47.4 Å². The van der Waals surface area contributed by atoms with Gasteiger partial charge in [-0.15, -0.1) is 10.1 Å². The third-order valence-corrected chi connectivity index (χ3v) is 5.68. The van der Waals surface area contributed by atoms with E-state index in [0.29, 0.717) is 32.2 Å². The number of anilines is 1. The number of rotatable bonds is 9. The minimum absolute atomic E-state index is 0.476. The molecule has 0 unspecified atom stereocenters. The maximum absolute atomic E-state index is 11.7. The summed E-state index contributed by atoms with van der Waals surface area (Å²) in [4.78, 5) is 41.8. The van der Waals surface area contributed by atoms with Crippen LogP contribution in [0, 0.1) is 10.1 Å². The Morgan fingerprint density at radius 3 is 2.29 bits per heavy atom. The van der Waals surface area contributed by atoms with Crippen molar-refractivity contribution in [3.8, 4) is 5.75 Å². The summed E-state index contributed by atoms with van der Waals surface area (Å²) in [6.07, 6.45) is 2.69. The summed E-state index contributed by atoms with van der Waals surface area (Å²) in [5, 5.41) is 8.96. The molecular formula is C24H30N4O7. The third kappa shape index (κ3) is 8.36. The molecule has 1 saturated heterocycles. The molecule has 0 N–H and O–H groups in total. The second-order valence-corrected chi connectivity index (χ2v) is 8.05. The Hall–Kier alpha value is -4.02. The minimum Gasteiger partial charge on any atom is -0.497 e. The van der Waals surface area contributed by atoms with E-state index in [1.54, 1.807) is 7.11 Å². The van der Waals surface area contributed by atoms with Crippen molar-refractivity contribution in [2.75, 3.05) is 45.0 Å². The van der Waals surface area contributed by atoms with E-state index in [-0.39, 0.29) is 0 Å². The van der Waals surface area contributed by atoms with Crippen LogP contribution in [-0.4, -0.2) is 73.5 Å². The van der Waals surface area contributed by atoms with E-state index in [1.165, 1.54) is 23.3 Å². The molecule has 1 heterocycles. The van der Waals surface area contributed by atoms with Gasteiger partial charge in [-0.25, -0.2) is 4.79 Å². The van der Waals surface area contributed by atoms with Crippen LogP contribution in [0.15, 0.2) is 54.6 Å². The van der Waals surface area contributed by atoms with Crippen LogP contribution in [0.25, 0.3) is 0 Å². The number of carbonyl (C=O) groups excluding carboxylic acids is 2. The zero-order valence-corrected chi connectivity index (χ0v) is 19.7. The van der Waals surface area contributed by atoms with Crippen LogP contribution in [0.5, 0.6) is 5.75 Å². The molecular weight excluding hydrogens is 456 g/mol. The summed E-state index contributed by atoms with van der Waals surface area (Å²) in [6.45, 7) is 2.32. The Morgan fingerprint density at radius 2 is 1.74 bits per heavy atom. The summed E-state index contributed by atoms with van der Waals surface area (Å²) in [7, 11) is 1.61. The number of ether oxygens (including phenoxy) is 2. The number of amides is 2. The Balaban J connectivity index is 0.000000223. The van der Waals surface area contributed by atoms with Crippen molar-refractivity contribution in [3.05, 3.63) is 70.3 Å². The first kappa shape index (κ1) is 25.6. The molecule has 1 saturated carbocycles. The predicted molar refractivity (Wildman–Crippen MR) is 127 cm³/mol. The quantitative estimate of drug-likeness (QED) is 0.230. The van der Waals surface area contributed by atoms with Gasteiger partial charge in [0.1, 0.15) is 5.75 Å². The van der Waals surface area contributed by atoms with Gasteiger partial charge in [0.2, 0.25) is 13.2 Å². The van der Waals surface area contributed by atoms with Gasteiger partial charge in [0.05, 0.1) is 7.11 Å². The highest BCUT2D eigenvalue weighted by Crippen LogP contribution is 2.26. The van der Waals surface area contributed by atoms with Gasteiger partial charge in [-0.2, -0.15) is 0 Å². The number of hydrogen-bond acceptors (Lipinski definition) is 8. The lowest BCUT2D eigenvalue weighted by molar-refractivity contribution is -0.765. The van der Waals surface area contributed by atoms with Gasteiger partial charge < -0.3 is 24.2 Å². The maximum atomic E-state index is 11.7. The highest BCUT2D eigenvalue weighted by molar-refractivity contribution is 5.68. The number of piperazine rings is 1. The van der Waals surface area contributed by atoms with Gasteiger partial charge in [0, 0.05) is 44.5 Å². The van der Waals surface area contributed by atoms with Crippen LogP contribution in [0.1, 0.15) is 18.4 Å². The van der Waals surface area contributed by atoms with Crippen molar-refractivity contribution in [1.82, 2.24) is 9.80 Å². The highest BCUT2D eigenvalue weighted by atomic mass is 17.0. The van der Waals surface area contributed by atoms with E-state index >= 15 is 0 Å². The Morgan fingerprint density at radius 1 is 1.09 bits per heavy atom. The average Bonchev–Trinajstić information content (AvgIpc) is 3.74. The van der Waals surface area contributed by atoms with Gasteiger partial charge in [-0.05, 0) is 42.7 Å². The van der Waals surface area contributed by atoms with Gasteiger partial charge in [-0.3, -0.25) is 9.63 Å². The van der Waals surface area contributed by atoms with E-state index in [2.05, 4.69) is 26.6 Å². The molecule has 0 bridgehead atoms. The van der Waals surface area contributed by atoms with Crippen LogP contribution >= 0.6 is 0 Å². The first-order chi connectivity index (χ1) is 17.0. The largest absolute Gasteiger partial charge is 0.497 e. The number of hydrogen-bond donors (Lipinski definition) is 0. The fraction of sp³-hybridized carbons (Fsp3) is 0.417. The van der Waals surface area contributed by atoms with Gasteiger partial charge in [0.15, 0.2) is 0 Å². The molecule has 188 valence electrons. The number of nitrogens with zero attached hydrogens (tertiary/aromatic N) is 4. The fourth-order valence-corrected chi connectivity index (χ4v) is 3.60. The average molecular weight is 487 g/mol. The first-order valence-corrected chi connectivity index (χ1v) is 11.3. The van der Waals surface area contributed by atoms with Crippen molar-refractivity contribution in [2.45, 2.75) is 25.4 Å². The molecule has 1 aliphatic heterocycles. The Bertz CT molecular complexity index is 946. The van der Waals surface area contributed by atoms with E-state index in [9.17, 15) is 19.7 Å². The first-order valence-electron chi connectivity index (χ1n) is 11.3. The molecule has 4 rings (SSSR count). The van der Waals surface area contributed by atoms with E-state index < -0.39 is 18.0 Å². The topological polar surface area (TPSA) is 115 Å². The van der Waals surface area contributed by atoms with Crippen LogP contribution in [0.2, 0.25) is 0 Å². The summed E-state index contributed by atoms with van der Waals surface area (Å²) in [6, 6.07) is 18.3. The molecule has 0 atom stereocenters. The third-order valence-electron chi connectivity index (χ3n) is 5.68. The molecule has 0 spiro atoms. The Labute approximate surface area is 203 Å². The molecule has 11 nitrogen and oxygen atoms in total. The lowest BCUT2D eigenvalue weighted by Crippen LogP contribution is -2.49. The summed E-state index contributed by atoms with van der Waals surface area (Å²) >= 11 is 0. The lowest BCUT2D eigenvalue weighted by atomic mass is 10.2. The van der Waals surface area contributed by atoms with Gasteiger partial charge in [-0.1, -0.05) is 30.3 Å². The smallest absolute Gasteiger partial charge is 0.411 e. The van der Waals surface area contributed by atoms with Gasteiger partial charge >= 0.3 is 6.09 Å². The molecule has 35 heavy (non-hydrogen) atoms. The van der Waals surface area contributed by atoms with Crippen LogP contribution in [0.3, 0.4) is 0 Å². The molecule has 1 aliphatic carbocycles. The second kappa shape index (κ2) is 13.0. The molecule has 2 aromatic carbocycles. The van der Waals surface area contributed by atoms with Crippen LogP contribution in [0.4, 0.5) is 10.5 Å². The summed E-state index contributed by atoms with van der Waals surface area (Å²) in [5.41, 5.74) is 2.26. The van der Waals surface area contributed by atoms with Crippen LogP contribution in [-0.2, 0) is 20.9 Å². The summed E-state index contributed by atoms with van der Waals surface area (Å²) < 4.78 is 9.76. The molecule has 0 radical (unpaired) electrons. The van der Waals surface area contributed by atoms with Crippen molar-refractivity contribution in [2.24, 2.45) is 0 Å². The Kier molecular flexibility index (Phi) is 9.52. The second-order valence-electron chi connectivity index (χ2n) is 8.05. The number of methoxy groups -OCH3 is 1. The van der Waals surface area contributed by atoms with Crippen molar-refractivity contribution in [1.29, 1.82) is 0 Å².